The van der Waals surface area contributed by atoms with Crippen molar-refractivity contribution in [2.75, 3.05) is 6.54 Å². The molecular formula is C18H25NO. The highest BCUT2D eigenvalue weighted by molar-refractivity contribution is 5.63. The van der Waals surface area contributed by atoms with Gasteiger partial charge in [0.1, 0.15) is 11.5 Å². The Kier molecular flexibility index (Phi) is 5.02. The fourth-order valence-electron chi connectivity index (χ4n) is 2.45. The molecule has 0 radical (unpaired) electrons. The Labute approximate surface area is 122 Å². The summed E-state index contributed by atoms with van der Waals surface area (Å²) in [6.45, 7) is 9.64. The van der Waals surface area contributed by atoms with Crippen LogP contribution in [0.5, 0.6) is 0 Å². The lowest BCUT2D eigenvalue weighted by Gasteiger charge is -2.13. The molecule has 0 bridgehead atoms. The molecule has 0 aliphatic rings. The Hall–Kier alpha value is -1.54. The van der Waals surface area contributed by atoms with E-state index < -0.39 is 0 Å². The summed E-state index contributed by atoms with van der Waals surface area (Å²) in [5.41, 5.74) is 3.72. The average molecular weight is 271 g/mol. The Bertz CT molecular complexity index is 556. The van der Waals surface area contributed by atoms with Crippen LogP contribution in [0.25, 0.3) is 11.3 Å². The molecule has 2 rings (SSSR count). The molecule has 1 aromatic heterocycles. The van der Waals surface area contributed by atoms with E-state index in [2.05, 4.69) is 63.3 Å². The summed E-state index contributed by atoms with van der Waals surface area (Å²) in [6.07, 6.45) is 2.18. The van der Waals surface area contributed by atoms with E-state index in [9.17, 15) is 0 Å². The highest BCUT2D eigenvalue weighted by Gasteiger charge is 2.14. The normalized spacial score (nSPS) is 12.6. The smallest absolute Gasteiger partial charge is 0.134 e. The molecule has 0 fully saturated rings. The van der Waals surface area contributed by atoms with Gasteiger partial charge >= 0.3 is 0 Å². The minimum absolute atomic E-state index is 0.314. The van der Waals surface area contributed by atoms with E-state index in [0.717, 1.165) is 30.9 Å². The third kappa shape index (κ3) is 3.31. The van der Waals surface area contributed by atoms with E-state index >= 15 is 0 Å². The Morgan fingerprint density at radius 3 is 2.60 bits per heavy atom. The lowest BCUT2D eigenvalue weighted by Crippen LogP contribution is -2.20. The summed E-state index contributed by atoms with van der Waals surface area (Å²) >= 11 is 0. The van der Waals surface area contributed by atoms with E-state index in [1.165, 1.54) is 16.7 Å². The van der Waals surface area contributed by atoms with E-state index in [4.69, 9.17) is 4.42 Å². The summed E-state index contributed by atoms with van der Waals surface area (Å²) in [4.78, 5) is 0. The first-order chi connectivity index (χ1) is 9.65. The molecule has 0 saturated heterocycles. The first-order valence-electron chi connectivity index (χ1n) is 7.56. The number of hydrogen-bond acceptors (Lipinski definition) is 2. The molecule has 0 aliphatic heterocycles. The number of furan rings is 1. The molecule has 1 aromatic carbocycles. The van der Waals surface area contributed by atoms with Gasteiger partial charge in [0.2, 0.25) is 0 Å². The summed E-state index contributed by atoms with van der Waals surface area (Å²) in [6, 6.07) is 11.0. The van der Waals surface area contributed by atoms with Crippen LogP contribution in [0, 0.1) is 13.8 Å². The molecule has 1 N–H and O–H groups in total. The third-order valence-electron chi connectivity index (χ3n) is 3.68. The van der Waals surface area contributed by atoms with Crippen LogP contribution < -0.4 is 5.32 Å². The van der Waals surface area contributed by atoms with E-state index in [1.54, 1.807) is 0 Å². The standard InChI is InChI=1S/C18H25NO/c1-5-11-19-16(6-2)18-10-9-17(20-18)15-12-13(3)7-8-14(15)4/h7-10,12,16,19H,5-6,11H2,1-4H3. The average Bonchev–Trinajstić information content (AvgIpc) is 2.92. The van der Waals surface area contributed by atoms with Gasteiger partial charge in [-0.05, 0) is 57.0 Å². The van der Waals surface area contributed by atoms with Crippen molar-refractivity contribution in [1.29, 1.82) is 0 Å². The first kappa shape index (κ1) is 14.9. The van der Waals surface area contributed by atoms with E-state index in [-0.39, 0.29) is 0 Å². The van der Waals surface area contributed by atoms with Gasteiger partial charge in [-0.2, -0.15) is 0 Å². The number of benzene rings is 1. The molecule has 20 heavy (non-hydrogen) atoms. The minimum atomic E-state index is 0.314. The Morgan fingerprint density at radius 2 is 1.90 bits per heavy atom. The topological polar surface area (TPSA) is 25.2 Å². The molecule has 2 aromatic rings. The zero-order valence-electron chi connectivity index (χ0n) is 13.0. The molecule has 0 amide bonds. The van der Waals surface area contributed by atoms with Crippen molar-refractivity contribution >= 4 is 0 Å². The van der Waals surface area contributed by atoms with Gasteiger partial charge in [-0.25, -0.2) is 0 Å². The molecule has 0 spiro atoms. The maximum atomic E-state index is 6.09. The summed E-state index contributed by atoms with van der Waals surface area (Å²) in [5, 5.41) is 3.53. The van der Waals surface area contributed by atoms with Crippen molar-refractivity contribution in [3.63, 3.8) is 0 Å². The first-order valence-corrected chi connectivity index (χ1v) is 7.56. The van der Waals surface area contributed by atoms with E-state index in [1.807, 2.05) is 0 Å². The fourth-order valence-corrected chi connectivity index (χ4v) is 2.45. The summed E-state index contributed by atoms with van der Waals surface area (Å²) in [7, 11) is 0. The molecule has 1 atom stereocenters. The lowest BCUT2D eigenvalue weighted by atomic mass is 10.0. The van der Waals surface area contributed by atoms with Crippen molar-refractivity contribution in [1.82, 2.24) is 5.32 Å². The molecule has 0 aliphatic carbocycles. The predicted octanol–water partition coefficient (Wildman–Crippen LogP) is 5.01. The van der Waals surface area contributed by atoms with Crippen LogP contribution in [-0.2, 0) is 0 Å². The molecule has 1 unspecified atom stereocenters. The Balaban J connectivity index is 2.25. The van der Waals surface area contributed by atoms with Gasteiger partial charge in [0.25, 0.3) is 0 Å². The van der Waals surface area contributed by atoms with Gasteiger partial charge in [0.15, 0.2) is 0 Å². The van der Waals surface area contributed by atoms with Crippen molar-refractivity contribution in [2.24, 2.45) is 0 Å². The second-order valence-corrected chi connectivity index (χ2v) is 5.44. The van der Waals surface area contributed by atoms with Crippen molar-refractivity contribution in [2.45, 2.75) is 46.6 Å². The zero-order valence-corrected chi connectivity index (χ0v) is 13.0. The molecule has 2 nitrogen and oxygen atoms in total. The molecule has 2 heteroatoms. The van der Waals surface area contributed by atoms with E-state index in [0.29, 0.717) is 6.04 Å². The van der Waals surface area contributed by atoms with Gasteiger partial charge in [0.05, 0.1) is 6.04 Å². The van der Waals surface area contributed by atoms with Crippen LogP contribution in [-0.4, -0.2) is 6.54 Å². The lowest BCUT2D eigenvalue weighted by molar-refractivity contribution is 0.411. The molecule has 1 heterocycles. The van der Waals surface area contributed by atoms with Gasteiger partial charge in [-0.3, -0.25) is 0 Å². The number of rotatable bonds is 6. The maximum absolute atomic E-state index is 6.09. The van der Waals surface area contributed by atoms with Gasteiger partial charge in [-0.15, -0.1) is 0 Å². The summed E-state index contributed by atoms with van der Waals surface area (Å²) in [5.74, 6) is 2.01. The van der Waals surface area contributed by atoms with Crippen molar-refractivity contribution < 1.29 is 4.42 Å². The van der Waals surface area contributed by atoms with Gasteiger partial charge in [-0.1, -0.05) is 31.5 Å². The third-order valence-corrected chi connectivity index (χ3v) is 3.68. The number of hydrogen-bond donors (Lipinski definition) is 1. The van der Waals surface area contributed by atoms with Gasteiger partial charge < -0.3 is 9.73 Å². The second kappa shape index (κ2) is 6.76. The Morgan fingerprint density at radius 1 is 1.10 bits per heavy atom. The number of aryl methyl sites for hydroxylation is 2. The fraction of sp³-hybridized carbons (Fsp3) is 0.444. The van der Waals surface area contributed by atoms with Crippen molar-refractivity contribution in [3.05, 3.63) is 47.2 Å². The maximum Gasteiger partial charge on any atom is 0.134 e. The predicted molar refractivity (Wildman–Crippen MR) is 84.9 cm³/mol. The molecule has 0 saturated carbocycles. The van der Waals surface area contributed by atoms with Crippen LogP contribution in [0.15, 0.2) is 34.7 Å². The van der Waals surface area contributed by atoms with Crippen LogP contribution in [0.4, 0.5) is 0 Å². The second-order valence-electron chi connectivity index (χ2n) is 5.44. The summed E-state index contributed by atoms with van der Waals surface area (Å²) < 4.78 is 6.09. The largest absolute Gasteiger partial charge is 0.459 e. The highest BCUT2D eigenvalue weighted by atomic mass is 16.3. The zero-order chi connectivity index (χ0) is 14.5. The molecular weight excluding hydrogens is 246 g/mol. The van der Waals surface area contributed by atoms with Crippen LogP contribution >= 0.6 is 0 Å². The SMILES string of the molecule is CCCNC(CC)c1ccc(-c2cc(C)ccc2C)o1. The quantitative estimate of drug-likeness (QED) is 0.798. The minimum Gasteiger partial charge on any atom is -0.459 e. The van der Waals surface area contributed by atoms with Gasteiger partial charge in [0, 0.05) is 5.56 Å². The van der Waals surface area contributed by atoms with Crippen LogP contribution in [0.2, 0.25) is 0 Å². The van der Waals surface area contributed by atoms with Crippen LogP contribution in [0.3, 0.4) is 0 Å². The monoisotopic (exact) mass is 271 g/mol. The molecule has 108 valence electrons. The van der Waals surface area contributed by atoms with Crippen LogP contribution in [0.1, 0.15) is 49.6 Å². The van der Waals surface area contributed by atoms with Crippen molar-refractivity contribution in [3.8, 4) is 11.3 Å². The number of nitrogens with one attached hydrogen (secondary N) is 1. The highest BCUT2D eigenvalue weighted by Crippen LogP contribution is 2.29.